The molecule has 1 saturated heterocycles. The summed E-state index contributed by atoms with van der Waals surface area (Å²) in [6, 6.07) is 0.554. The molecule has 0 aromatic rings. The normalized spacial score (nSPS) is 31.1. The van der Waals surface area contributed by atoms with Gasteiger partial charge in [-0.1, -0.05) is 20.8 Å². The number of nitrogens with one attached hydrogen (secondary N) is 2. The van der Waals surface area contributed by atoms with Gasteiger partial charge < -0.3 is 15.4 Å². The van der Waals surface area contributed by atoms with E-state index in [1.54, 1.807) is 0 Å². The van der Waals surface area contributed by atoms with Crippen LogP contribution in [0.1, 0.15) is 59.3 Å². The third kappa shape index (κ3) is 4.88. The van der Waals surface area contributed by atoms with Crippen molar-refractivity contribution in [2.75, 3.05) is 13.2 Å². The first-order valence-corrected chi connectivity index (χ1v) is 8.52. The maximum absolute atomic E-state index is 5.59. The highest BCUT2D eigenvalue weighted by Crippen LogP contribution is 2.37. The first-order chi connectivity index (χ1) is 9.45. The Morgan fingerprint density at radius 1 is 1.15 bits per heavy atom. The molecule has 2 rings (SSSR count). The van der Waals surface area contributed by atoms with E-state index in [0.717, 1.165) is 30.6 Å². The van der Waals surface area contributed by atoms with Crippen LogP contribution in [-0.2, 0) is 4.74 Å². The van der Waals surface area contributed by atoms with Crippen LogP contribution in [0, 0.1) is 11.3 Å². The number of thiocarbonyl (C=S) groups is 1. The van der Waals surface area contributed by atoms with Gasteiger partial charge in [0.25, 0.3) is 0 Å². The van der Waals surface area contributed by atoms with Crippen molar-refractivity contribution in [3.63, 3.8) is 0 Å². The molecule has 0 aromatic heterocycles. The molecule has 1 aliphatic heterocycles. The smallest absolute Gasteiger partial charge is 0.166 e. The Morgan fingerprint density at radius 2 is 1.85 bits per heavy atom. The largest absolute Gasteiger partial charge is 0.376 e. The quantitative estimate of drug-likeness (QED) is 0.784. The minimum atomic E-state index is 0.353. The standard InChI is InChI=1S/C16H30N2OS/c1-16(2,3)12-6-8-13(9-7-12)18-15(20)17-11-14-5-4-10-19-14/h12-14H,4-11H2,1-3H3,(H2,17,18,20). The van der Waals surface area contributed by atoms with Crippen molar-refractivity contribution in [1.29, 1.82) is 0 Å². The summed E-state index contributed by atoms with van der Waals surface area (Å²) >= 11 is 5.39. The lowest BCUT2D eigenvalue weighted by Gasteiger charge is -2.37. The fourth-order valence-corrected chi connectivity index (χ4v) is 3.60. The van der Waals surface area contributed by atoms with E-state index in [4.69, 9.17) is 17.0 Å². The zero-order valence-electron chi connectivity index (χ0n) is 13.2. The second-order valence-electron chi connectivity index (χ2n) is 7.40. The van der Waals surface area contributed by atoms with Gasteiger partial charge >= 0.3 is 0 Å². The SMILES string of the molecule is CC(C)(C)C1CCC(NC(=S)NCC2CCCO2)CC1. The highest BCUT2D eigenvalue weighted by Gasteiger charge is 2.29. The predicted molar refractivity (Wildman–Crippen MR) is 87.9 cm³/mol. The summed E-state index contributed by atoms with van der Waals surface area (Å²) in [5, 5.41) is 7.59. The van der Waals surface area contributed by atoms with Crippen molar-refractivity contribution in [1.82, 2.24) is 10.6 Å². The zero-order valence-corrected chi connectivity index (χ0v) is 14.0. The van der Waals surface area contributed by atoms with Crippen molar-refractivity contribution < 1.29 is 4.74 Å². The summed E-state index contributed by atoms with van der Waals surface area (Å²) in [5.41, 5.74) is 0.448. The van der Waals surface area contributed by atoms with Crippen LogP contribution in [0.3, 0.4) is 0 Å². The Balaban J connectivity index is 1.63. The molecule has 0 aromatic carbocycles. The number of hydrogen-bond acceptors (Lipinski definition) is 2. The van der Waals surface area contributed by atoms with Crippen molar-refractivity contribution in [3.8, 4) is 0 Å². The molecule has 0 bridgehead atoms. The van der Waals surface area contributed by atoms with E-state index >= 15 is 0 Å². The van der Waals surface area contributed by atoms with E-state index in [1.807, 2.05) is 0 Å². The topological polar surface area (TPSA) is 33.3 Å². The van der Waals surface area contributed by atoms with Gasteiger partial charge in [0.15, 0.2) is 5.11 Å². The number of rotatable bonds is 3. The zero-order chi connectivity index (χ0) is 14.6. The second-order valence-corrected chi connectivity index (χ2v) is 7.81. The molecule has 0 radical (unpaired) electrons. The van der Waals surface area contributed by atoms with Gasteiger partial charge in [-0.3, -0.25) is 0 Å². The van der Waals surface area contributed by atoms with Crippen LogP contribution in [0.2, 0.25) is 0 Å². The van der Waals surface area contributed by atoms with Crippen LogP contribution in [0.4, 0.5) is 0 Å². The van der Waals surface area contributed by atoms with Crippen molar-refractivity contribution in [2.45, 2.75) is 71.4 Å². The van der Waals surface area contributed by atoms with Gasteiger partial charge in [0.05, 0.1) is 6.10 Å². The van der Waals surface area contributed by atoms with Crippen LogP contribution in [0.25, 0.3) is 0 Å². The molecular formula is C16H30N2OS. The molecule has 2 aliphatic rings. The molecule has 20 heavy (non-hydrogen) atoms. The van der Waals surface area contributed by atoms with E-state index in [2.05, 4.69) is 31.4 Å². The van der Waals surface area contributed by atoms with Crippen LogP contribution >= 0.6 is 12.2 Å². The lowest BCUT2D eigenvalue weighted by molar-refractivity contribution is 0.113. The highest BCUT2D eigenvalue weighted by molar-refractivity contribution is 7.80. The summed E-state index contributed by atoms with van der Waals surface area (Å²) in [7, 11) is 0. The molecule has 0 amide bonds. The lowest BCUT2D eigenvalue weighted by atomic mass is 9.71. The maximum Gasteiger partial charge on any atom is 0.166 e. The van der Waals surface area contributed by atoms with Gasteiger partial charge in [-0.05, 0) is 62.1 Å². The second kappa shape index (κ2) is 7.08. The van der Waals surface area contributed by atoms with Crippen LogP contribution < -0.4 is 10.6 Å². The number of ether oxygens (including phenoxy) is 1. The van der Waals surface area contributed by atoms with Gasteiger partial charge in [-0.2, -0.15) is 0 Å². The van der Waals surface area contributed by atoms with E-state index in [-0.39, 0.29) is 0 Å². The van der Waals surface area contributed by atoms with E-state index in [0.29, 0.717) is 17.6 Å². The van der Waals surface area contributed by atoms with Gasteiger partial charge in [0, 0.05) is 19.2 Å². The average Bonchev–Trinajstić information content (AvgIpc) is 2.89. The van der Waals surface area contributed by atoms with E-state index in [9.17, 15) is 0 Å². The molecule has 1 saturated carbocycles. The van der Waals surface area contributed by atoms with E-state index < -0.39 is 0 Å². The van der Waals surface area contributed by atoms with Gasteiger partial charge in [0.2, 0.25) is 0 Å². The molecule has 2 N–H and O–H groups in total. The van der Waals surface area contributed by atoms with Gasteiger partial charge in [-0.25, -0.2) is 0 Å². The summed E-state index contributed by atoms with van der Waals surface area (Å²) in [5.74, 6) is 0.856. The molecule has 1 unspecified atom stereocenters. The fraction of sp³-hybridized carbons (Fsp3) is 0.938. The maximum atomic E-state index is 5.59. The molecule has 3 nitrogen and oxygen atoms in total. The molecule has 4 heteroatoms. The summed E-state index contributed by atoms with van der Waals surface area (Å²) in [6.45, 7) is 8.84. The third-order valence-corrected chi connectivity index (χ3v) is 5.06. The monoisotopic (exact) mass is 298 g/mol. The molecule has 116 valence electrons. The minimum Gasteiger partial charge on any atom is -0.376 e. The first-order valence-electron chi connectivity index (χ1n) is 8.11. The molecule has 1 heterocycles. The first kappa shape index (κ1) is 16.0. The Hall–Kier alpha value is -0.350. The predicted octanol–water partition coefficient (Wildman–Crippen LogP) is 3.23. The van der Waals surface area contributed by atoms with E-state index in [1.165, 1.54) is 32.1 Å². The minimum absolute atomic E-state index is 0.353. The highest BCUT2D eigenvalue weighted by atomic mass is 32.1. The Kier molecular flexibility index (Phi) is 5.67. The Labute approximate surface area is 129 Å². The molecule has 1 atom stereocenters. The molecule has 1 aliphatic carbocycles. The Bertz CT molecular complexity index is 313. The fourth-order valence-electron chi connectivity index (χ4n) is 3.35. The summed E-state index contributed by atoms with van der Waals surface area (Å²) in [4.78, 5) is 0. The lowest BCUT2D eigenvalue weighted by Crippen LogP contribution is -2.46. The van der Waals surface area contributed by atoms with Crippen molar-refractivity contribution in [2.24, 2.45) is 11.3 Å². The summed E-state index contributed by atoms with van der Waals surface area (Å²) < 4.78 is 5.59. The van der Waals surface area contributed by atoms with Gasteiger partial charge in [0.1, 0.15) is 0 Å². The van der Waals surface area contributed by atoms with Crippen LogP contribution in [0.15, 0.2) is 0 Å². The average molecular weight is 298 g/mol. The number of hydrogen-bond donors (Lipinski definition) is 2. The van der Waals surface area contributed by atoms with Crippen molar-refractivity contribution >= 4 is 17.3 Å². The van der Waals surface area contributed by atoms with Crippen LogP contribution in [0.5, 0.6) is 0 Å². The molecular weight excluding hydrogens is 268 g/mol. The van der Waals surface area contributed by atoms with Crippen molar-refractivity contribution in [3.05, 3.63) is 0 Å². The Morgan fingerprint density at radius 3 is 2.40 bits per heavy atom. The molecule has 2 fully saturated rings. The third-order valence-electron chi connectivity index (χ3n) is 4.80. The molecule has 0 spiro atoms. The summed E-state index contributed by atoms with van der Waals surface area (Å²) in [6.07, 6.45) is 7.81. The van der Waals surface area contributed by atoms with Gasteiger partial charge in [-0.15, -0.1) is 0 Å². The van der Waals surface area contributed by atoms with Crippen LogP contribution in [-0.4, -0.2) is 30.4 Å².